The lowest BCUT2D eigenvalue weighted by molar-refractivity contribution is -0.383. The molecule has 0 N–H and O–H groups in total. The summed E-state index contributed by atoms with van der Waals surface area (Å²) in [5.74, 6) is -0.0258. The van der Waals surface area contributed by atoms with Gasteiger partial charge >= 0.3 is 0 Å². The molecule has 0 bridgehead atoms. The zero-order valence-corrected chi connectivity index (χ0v) is 14.8. The van der Waals surface area contributed by atoms with Crippen LogP contribution in [-0.4, -0.2) is 28.9 Å². The standard InChI is InChI=1S/C19H17N3O3S/c23-19(18-8-5-13-26-18)21-12-4-3-11-20(21)16-9-10-17(22(24)25)15-7-2-1-6-14(15)16/h1-2,5-10,13H,3-4,11-12H2. The largest absolute Gasteiger partial charge is 0.282 e. The second-order valence-corrected chi connectivity index (χ2v) is 7.09. The number of non-ortho nitro benzene ring substituents is 1. The molecule has 0 unspecified atom stereocenters. The molecule has 1 fully saturated rings. The van der Waals surface area contributed by atoms with Crippen molar-refractivity contribution in [2.45, 2.75) is 12.8 Å². The van der Waals surface area contributed by atoms with Crippen LogP contribution in [0.5, 0.6) is 0 Å². The van der Waals surface area contributed by atoms with Gasteiger partial charge in [-0.25, -0.2) is 5.01 Å². The summed E-state index contributed by atoms with van der Waals surface area (Å²) in [6, 6.07) is 14.3. The van der Waals surface area contributed by atoms with Gasteiger partial charge in [-0.2, -0.15) is 0 Å². The van der Waals surface area contributed by atoms with Crippen LogP contribution in [0.4, 0.5) is 11.4 Å². The van der Waals surface area contributed by atoms with Gasteiger partial charge in [-0.3, -0.25) is 19.9 Å². The number of hydrogen-bond acceptors (Lipinski definition) is 5. The van der Waals surface area contributed by atoms with E-state index >= 15 is 0 Å². The minimum Gasteiger partial charge on any atom is -0.282 e. The molecular formula is C19H17N3O3S. The molecule has 2 heterocycles. The molecule has 1 amide bonds. The highest BCUT2D eigenvalue weighted by Gasteiger charge is 2.28. The number of hydrazine groups is 1. The van der Waals surface area contributed by atoms with Crippen LogP contribution in [0, 0.1) is 10.1 Å². The number of amides is 1. The van der Waals surface area contributed by atoms with E-state index in [1.165, 1.54) is 17.4 Å². The summed E-state index contributed by atoms with van der Waals surface area (Å²) in [4.78, 5) is 24.6. The van der Waals surface area contributed by atoms with Crippen LogP contribution in [0.15, 0.2) is 53.9 Å². The highest BCUT2D eigenvalue weighted by atomic mass is 32.1. The smallest absolute Gasteiger partial charge is 0.282 e. The van der Waals surface area contributed by atoms with Gasteiger partial charge in [0.2, 0.25) is 0 Å². The van der Waals surface area contributed by atoms with E-state index < -0.39 is 0 Å². The second kappa shape index (κ2) is 6.76. The first kappa shape index (κ1) is 16.5. The Morgan fingerprint density at radius 1 is 1.00 bits per heavy atom. The van der Waals surface area contributed by atoms with E-state index in [0.29, 0.717) is 23.4 Å². The summed E-state index contributed by atoms with van der Waals surface area (Å²) in [6.45, 7) is 1.35. The summed E-state index contributed by atoms with van der Waals surface area (Å²) in [7, 11) is 0. The predicted octanol–water partition coefficient (Wildman–Crippen LogP) is 4.47. The Morgan fingerprint density at radius 2 is 1.77 bits per heavy atom. The fourth-order valence-electron chi connectivity index (χ4n) is 3.41. The number of carbonyl (C=O) groups excluding carboxylic acids is 1. The van der Waals surface area contributed by atoms with Crippen LogP contribution < -0.4 is 5.01 Å². The summed E-state index contributed by atoms with van der Waals surface area (Å²) in [5.41, 5.74) is 0.910. The normalized spacial score (nSPS) is 14.6. The van der Waals surface area contributed by atoms with Crippen molar-refractivity contribution in [3.8, 4) is 0 Å². The van der Waals surface area contributed by atoms with E-state index in [1.807, 2.05) is 34.7 Å². The Bertz CT molecular complexity index is 971. The van der Waals surface area contributed by atoms with Crippen molar-refractivity contribution < 1.29 is 9.72 Å². The molecule has 1 saturated heterocycles. The number of nitro groups is 1. The van der Waals surface area contributed by atoms with Crippen LogP contribution in [0.2, 0.25) is 0 Å². The summed E-state index contributed by atoms with van der Waals surface area (Å²) in [5, 5.41) is 18.4. The van der Waals surface area contributed by atoms with Crippen LogP contribution in [0.3, 0.4) is 0 Å². The van der Waals surface area contributed by atoms with Crippen LogP contribution >= 0.6 is 11.3 Å². The molecule has 26 heavy (non-hydrogen) atoms. The third-order valence-electron chi connectivity index (χ3n) is 4.60. The molecule has 0 aliphatic carbocycles. The molecule has 2 aromatic carbocycles. The molecule has 1 aliphatic heterocycles. The lowest BCUT2D eigenvalue weighted by atomic mass is 10.1. The number of carbonyl (C=O) groups is 1. The van der Waals surface area contributed by atoms with E-state index in [-0.39, 0.29) is 16.5 Å². The lowest BCUT2D eigenvalue weighted by Crippen LogP contribution is -2.50. The Kier molecular flexibility index (Phi) is 4.30. The van der Waals surface area contributed by atoms with Crippen molar-refractivity contribution in [3.63, 3.8) is 0 Å². The highest BCUT2D eigenvalue weighted by Crippen LogP contribution is 2.35. The van der Waals surface area contributed by atoms with Gasteiger partial charge in [-0.1, -0.05) is 24.3 Å². The summed E-state index contributed by atoms with van der Waals surface area (Å²) in [6.07, 6.45) is 1.91. The number of nitro benzene ring substituents is 1. The molecule has 6 nitrogen and oxygen atoms in total. The maximum Gasteiger partial charge on any atom is 0.282 e. The van der Waals surface area contributed by atoms with Crippen LogP contribution in [0.25, 0.3) is 10.8 Å². The van der Waals surface area contributed by atoms with Gasteiger partial charge in [-0.15, -0.1) is 11.3 Å². The molecular weight excluding hydrogens is 350 g/mol. The van der Waals surface area contributed by atoms with Crippen molar-refractivity contribution in [2.24, 2.45) is 0 Å². The topological polar surface area (TPSA) is 66.7 Å². The molecule has 132 valence electrons. The zero-order valence-electron chi connectivity index (χ0n) is 14.0. The quantitative estimate of drug-likeness (QED) is 0.506. The van der Waals surface area contributed by atoms with Crippen molar-refractivity contribution >= 4 is 39.4 Å². The molecule has 4 rings (SSSR count). The predicted molar refractivity (Wildman–Crippen MR) is 103 cm³/mol. The lowest BCUT2D eigenvalue weighted by Gasteiger charge is -2.40. The Labute approximate surface area is 154 Å². The minimum absolute atomic E-state index is 0.0258. The fraction of sp³-hybridized carbons (Fsp3) is 0.211. The van der Waals surface area contributed by atoms with Crippen molar-refractivity contribution in [1.29, 1.82) is 0 Å². The molecule has 1 aromatic heterocycles. The first-order chi connectivity index (χ1) is 12.7. The van der Waals surface area contributed by atoms with E-state index in [4.69, 9.17) is 0 Å². The van der Waals surface area contributed by atoms with E-state index in [2.05, 4.69) is 0 Å². The van der Waals surface area contributed by atoms with Crippen molar-refractivity contribution in [2.75, 3.05) is 18.1 Å². The average Bonchev–Trinajstić information content (AvgIpc) is 3.21. The molecule has 3 aromatic rings. The Balaban J connectivity index is 1.81. The maximum absolute atomic E-state index is 12.9. The number of nitrogens with zero attached hydrogens (tertiary/aromatic N) is 3. The molecule has 0 atom stereocenters. The van der Waals surface area contributed by atoms with Gasteiger partial charge in [0, 0.05) is 24.5 Å². The third-order valence-corrected chi connectivity index (χ3v) is 5.46. The van der Waals surface area contributed by atoms with E-state index in [1.54, 1.807) is 23.2 Å². The summed E-state index contributed by atoms with van der Waals surface area (Å²) >= 11 is 1.42. The first-order valence-corrected chi connectivity index (χ1v) is 9.34. The van der Waals surface area contributed by atoms with Crippen LogP contribution in [-0.2, 0) is 0 Å². The van der Waals surface area contributed by atoms with Gasteiger partial charge in [0.25, 0.3) is 11.6 Å². The van der Waals surface area contributed by atoms with E-state index in [9.17, 15) is 14.9 Å². The molecule has 0 radical (unpaired) electrons. The molecule has 0 saturated carbocycles. The van der Waals surface area contributed by atoms with Crippen molar-refractivity contribution in [1.82, 2.24) is 5.01 Å². The van der Waals surface area contributed by atoms with Gasteiger partial charge < -0.3 is 0 Å². The van der Waals surface area contributed by atoms with Gasteiger partial charge in [-0.05, 0) is 36.4 Å². The second-order valence-electron chi connectivity index (χ2n) is 6.14. The number of fused-ring (bicyclic) bond motifs is 1. The van der Waals surface area contributed by atoms with Crippen molar-refractivity contribution in [3.05, 3.63) is 68.9 Å². The molecule has 1 aliphatic rings. The zero-order chi connectivity index (χ0) is 18.1. The van der Waals surface area contributed by atoms with E-state index in [0.717, 1.165) is 23.9 Å². The Morgan fingerprint density at radius 3 is 2.50 bits per heavy atom. The van der Waals surface area contributed by atoms with Gasteiger partial charge in [0.05, 0.1) is 20.9 Å². The number of anilines is 1. The maximum atomic E-state index is 12.9. The third kappa shape index (κ3) is 2.80. The highest BCUT2D eigenvalue weighted by molar-refractivity contribution is 7.12. The molecule has 7 heteroatoms. The molecule has 0 spiro atoms. The average molecular weight is 367 g/mol. The van der Waals surface area contributed by atoms with Gasteiger partial charge in [0.1, 0.15) is 0 Å². The minimum atomic E-state index is -0.364. The first-order valence-electron chi connectivity index (χ1n) is 8.46. The Hall–Kier alpha value is -2.93. The van der Waals surface area contributed by atoms with Crippen LogP contribution in [0.1, 0.15) is 22.5 Å². The van der Waals surface area contributed by atoms with Gasteiger partial charge in [0.15, 0.2) is 0 Å². The SMILES string of the molecule is O=C(c1cccs1)N1CCCCN1c1ccc([N+](=O)[O-])c2ccccc12. The summed E-state index contributed by atoms with van der Waals surface area (Å²) < 4.78 is 0. The number of rotatable bonds is 3. The number of thiophene rings is 1. The fourth-order valence-corrected chi connectivity index (χ4v) is 4.07. The number of benzene rings is 2. The number of hydrogen-bond donors (Lipinski definition) is 0. The monoisotopic (exact) mass is 367 g/mol.